The van der Waals surface area contributed by atoms with Crippen molar-refractivity contribution in [1.29, 1.82) is 0 Å². The third kappa shape index (κ3) is 24.5. The maximum absolute atomic E-state index is 9.89. The normalized spacial score (nSPS) is 11.2. The summed E-state index contributed by atoms with van der Waals surface area (Å²) in [6, 6.07) is 0. The summed E-state index contributed by atoms with van der Waals surface area (Å²) in [5.74, 6) is -1.37. The third-order valence-corrected chi connectivity index (χ3v) is 2.87. The van der Waals surface area contributed by atoms with E-state index in [1.807, 2.05) is 6.08 Å². The van der Waals surface area contributed by atoms with Gasteiger partial charge in [-0.05, 0) is 53.4 Å². The largest absolute Gasteiger partial charge is 0.392 e. The summed E-state index contributed by atoms with van der Waals surface area (Å²) in [6.07, 6.45) is 10.9. The summed E-state index contributed by atoms with van der Waals surface area (Å²) in [5.41, 5.74) is 4.14. The summed E-state index contributed by atoms with van der Waals surface area (Å²) in [6.45, 7) is 10.9. The van der Waals surface area contributed by atoms with Crippen molar-refractivity contribution < 1.29 is 29.5 Å². The van der Waals surface area contributed by atoms with Crippen molar-refractivity contribution in [3.63, 3.8) is 0 Å². The van der Waals surface area contributed by atoms with Gasteiger partial charge in [-0.15, -0.1) is 0 Å². The molecule has 0 aromatic rings. The van der Waals surface area contributed by atoms with Crippen LogP contribution in [-0.4, -0.2) is 23.7 Å². The van der Waals surface area contributed by atoms with Gasteiger partial charge in [-0.1, -0.05) is 34.9 Å². The minimum atomic E-state index is -0.684. The zero-order valence-corrected chi connectivity index (χ0v) is 16.3. The molecule has 1 N–H and O–H groups in total. The van der Waals surface area contributed by atoms with E-state index in [0.717, 1.165) is 39.5 Å². The molecule has 0 atom stereocenters. The first-order valence-electron chi connectivity index (χ1n) is 8.26. The SMILES string of the molecule is CC(=O)OOOC(C)=O.CC(C)=CCCC(C)=CCCC(C)=CCO. The molecule has 0 heterocycles. The number of carbonyl (C=O) groups excluding carboxylic acids is 2. The minimum absolute atomic E-state index is 0.162. The molecule has 6 heteroatoms. The van der Waals surface area contributed by atoms with Crippen LogP contribution >= 0.6 is 0 Å². The van der Waals surface area contributed by atoms with E-state index in [4.69, 9.17) is 5.11 Å². The Balaban J connectivity index is 0. The zero-order chi connectivity index (χ0) is 19.7. The molecule has 0 radical (unpaired) electrons. The van der Waals surface area contributed by atoms with E-state index in [-0.39, 0.29) is 6.61 Å². The number of hydrogen-bond acceptors (Lipinski definition) is 6. The van der Waals surface area contributed by atoms with Gasteiger partial charge in [-0.2, -0.15) is 0 Å². The van der Waals surface area contributed by atoms with Crippen molar-refractivity contribution in [2.24, 2.45) is 0 Å². The lowest BCUT2D eigenvalue weighted by atomic mass is 10.1. The van der Waals surface area contributed by atoms with Gasteiger partial charge in [-0.3, -0.25) is 9.78 Å². The molecule has 0 aromatic carbocycles. The monoisotopic (exact) mass is 356 g/mol. The first-order valence-corrected chi connectivity index (χ1v) is 8.26. The smallest absolute Gasteiger partial charge is 0.343 e. The minimum Gasteiger partial charge on any atom is -0.392 e. The van der Waals surface area contributed by atoms with Crippen LogP contribution in [0.3, 0.4) is 0 Å². The van der Waals surface area contributed by atoms with Crippen molar-refractivity contribution in [3.8, 4) is 0 Å². The number of hydrogen-bond donors (Lipinski definition) is 1. The molecule has 0 unspecified atom stereocenters. The van der Waals surface area contributed by atoms with Gasteiger partial charge in [0.2, 0.25) is 0 Å². The second-order valence-corrected chi connectivity index (χ2v) is 5.86. The third-order valence-electron chi connectivity index (χ3n) is 2.87. The van der Waals surface area contributed by atoms with E-state index in [1.54, 1.807) is 0 Å². The second kappa shape index (κ2) is 16.9. The average molecular weight is 356 g/mol. The highest BCUT2D eigenvalue weighted by atomic mass is 17.5. The Hall–Kier alpha value is -1.92. The van der Waals surface area contributed by atoms with Crippen LogP contribution in [0.2, 0.25) is 0 Å². The van der Waals surface area contributed by atoms with Crippen LogP contribution in [-0.2, 0) is 24.4 Å². The highest BCUT2D eigenvalue weighted by molar-refractivity contribution is 5.66. The molecular formula is C19H32O6. The molecule has 0 fully saturated rings. The van der Waals surface area contributed by atoms with Crippen LogP contribution < -0.4 is 0 Å². The Bertz CT molecular complexity index is 456. The Morgan fingerprint density at radius 2 is 1.20 bits per heavy atom. The standard InChI is InChI=1S/C15H26O.C4H6O5/c1-13(2)7-5-8-14(3)9-6-10-15(4)11-12-16;1-3(5)7-9-8-4(2)6/h7,9,11,16H,5-6,8,10,12H2,1-4H3;1-2H3. The molecule has 6 nitrogen and oxygen atoms in total. The van der Waals surface area contributed by atoms with Gasteiger partial charge in [0.1, 0.15) is 0 Å². The number of aliphatic hydroxyl groups excluding tert-OH is 1. The molecule has 144 valence electrons. The van der Waals surface area contributed by atoms with E-state index < -0.39 is 11.9 Å². The van der Waals surface area contributed by atoms with Gasteiger partial charge in [0, 0.05) is 18.9 Å². The van der Waals surface area contributed by atoms with E-state index in [9.17, 15) is 9.59 Å². The molecule has 0 aliphatic rings. The molecule has 0 bridgehead atoms. The molecule has 0 aliphatic carbocycles. The van der Waals surface area contributed by atoms with Gasteiger partial charge >= 0.3 is 11.9 Å². The molecule has 0 aliphatic heterocycles. The highest BCUT2D eigenvalue weighted by Gasteiger charge is 1.96. The maximum Gasteiger partial charge on any atom is 0.343 e. The van der Waals surface area contributed by atoms with E-state index in [1.165, 1.54) is 16.7 Å². The Labute approximate surface area is 151 Å². The molecular weight excluding hydrogens is 324 g/mol. The fourth-order valence-electron chi connectivity index (χ4n) is 1.61. The van der Waals surface area contributed by atoms with Gasteiger partial charge in [0.05, 0.1) is 6.61 Å². The van der Waals surface area contributed by atoms with Crippen LogP contribution in [0.25, 0.3) is 0 Å². The van der Waals surface area contributed by atoms with Crippen molar-refractivity contribution in [1.82, 2.24) is 0 Å². The van der Waals surface area contributed by atoms with Gasteiger partial charge in [-0.25, -0.2) is 9.59 Å². The topological polar surface area (TPSA) is 82.1 Å². The Morgan fingerprint density at radius 3 is 1.60 bits per heavy atom. The van der Waals surface area contributed by atoms with Crippen LogP contribution in [0.5, 0.6) is 0 Å². The molecule has 0 spiro atoms. The molecule has 0 amide bonds. The first kappa shape index (κ1) is 25.3. The average Bonchev–Trinajstić information content (AvgIpc) is 2.47. The van der Waals surface area contributed by atoms with Crippen LogP contribution in [0, 0.1) is 0 Å². The molecule has 0 aromatic heterocycles. The van der Waals surface area contributed by atoms with Gasteiger partial charge in [0.25, 0.3) is 0 Å². The summed E-state index contributed by atoms with van der Waals surface area (Å²) in [4.78, 5) is 27.3. The van der Waals surface area contributed by atoms with Gasteiger partial charge in [0.15, 0.2) is 0 Å². The first-order chi connectivity index (χ1) is 11.7. The van der Waals surface area contributed by atoms with Gasteiger partial charge < -0.3 is 5.11 Å². The van der Waals surface area contributed by atoms with Crippen LogP contribution in [0.15, 0.2) is 34.9 Å². The molecule has 0 saturated carbocycles. The number of aliphatic hydroxyl groups is 1. The van der Waals surface area contributed by atoms with E-state index in [2.05, 4.69) is 54.7 Å². The highest BCUT2D eigenvalue weighted by Crippen LogP contribution is 2.11. The Morgan fingerprint density at radius 1 is 0.760 bits per heavy atom. The number of carbonyl (C=O) groups is 2. The van der Waals surface area contributed by atoms with E-state index >= 15 is 0 Å². The summed E-state index contributed by atoms with van der Waals surface area (Å²) in [7, 11) is 0. The quantitative estimate of drug-likeness (QED) is 0.375. The lowest BCUT2D eigenvalue weighted by Gasteiger charge is -2.00. The van der Waals surface area contributed by atoms with Crippen molar-refractivity contribution in [2.75, 3.05) is 6.61 Å². The van der Waals surface area contributed by atoms with Crippen LogP contribution in [0.1, 0.15) is 67.2 Å². The molecule has 0 saturated heterocycles. The van der Waals surface area contributed by atoms with Crippen molar-refractivity contribution in [2.45, 2.75) is 67.2 Å². The predicted molar refractivity (Wildman–Crippen MR) is 97.1 cm³/mol. The lowest BCUT2D eigenvalue weighted by molar-refractivity contribution is -0.458. The van der Waals surface area contributed by atoms with Crippen LogP contribution in [0.4, 0.5) is 0 Å². The molecule has 0 rings (SSSR count). The zero-order valence-electron chi connectivity index (χ0n) is 16.3. The van der Waals surface area contributed by atoms with E-state index in [0.29, 0.717) is 0 Å². The number of allylic oxidation sites excluding steroid dienone is 5. The summed E-state index contributed by atoms with van der Waals surface area (Å²) in [5, 5.41) is 12.4. The second-order valence-electron chi connectivity index (χ2n) is 5.86. The summed E-state index contributed by atoms with van der Waals surface area (Å²) < 4.78 is 0. The maximum atomic E-state index is 9.89. The fourth-order valence-corrected chi connectivity index (χ4v) is 1.61. The van der Waals surface area contributed by atoms with Crippen molar-refractivity contribution >= 4 is 11.9 Å². The fraction of sp³-hybridized carbons (Fsp3) is 0.579. The number of rotatable bonds is 9. The summed E-state index contributed by atoms with van der Waals surface area (Å²) >= 11 is 0. The lowest BCUT2D eigenvalue weighted by Crippen LogP contribution is -2.04. The molecule has 25 heavy (non-hydrogen) atoms. The predicted octanol–water partition coefficient (Wildman–Crippen LogP) is 4.36. The Kier molecular flexibility index (Phi) is 17.1. The van der Waals surface area contributed by atoms with Crippen molar-refractivity contribution in [3.05, 3.63) is 34.9 Å².